The lowest BCUT2D eigenvalue weighted by molar-refractivity contribution is 0.0698. The third-order valence-corrected chi connectivity index (χ3v) is 7.69. The molecule has 1 saturated heterocycles. The molecule has 0 aromatic heterocycles. The molecule has 0 unspecified atom stereocenters. The quantitative estimate of drug-likeness (QED) is 0.269. The van der Waals surface area contributed by atoms with Crippen LogP contribution in [0.4, 0.5) is 0 Å². The Hall–Kier alpha value is -3.02. The van der Waals surface area contributed by atoms with Crippen LogP contribution in [0.5, 0.6) is 23.0 Å². The molecule has 2 aromatic carbocycles. The molecule has 1 aliphatic heterocycles. The van der Waals surface area contributed by atoms with Crippen molar-refractivity contribution in [3.05, 3.63) is 42.0 Å². The van der Waals surface area contributed by atoms with E-state index in [1.54, 1.807) is 0 Å². The summed E-state index contributed by atoms with van der Waals surface area (Å²) in [6, 6.07) is 10.1. The minimum absolute atomic E-state index is 0.0829. The zero-order valence-corrected chi connectivity index (χ0v) is 21.0. The number of carbonyl (C=O) groups is 1. The molecule has 11 heteroatoms. The number of carbonyl (C=O) groups excluding carboxylic acids is 1. The molecule has 2 aromatic rings. The highest BCUT2D eigenvalue weighted by Gasteiger charge is 2.35. The van der Waals surface area contributed by atoms with Crippen LogP contribution in [-0.2, 0) is 10.0 Å². The smallest absolute Gasteiger partial charge is 0.279 e. The molecule has 1 fully saturated rings. The van der Waals surface area contributed by atoms with E-state index < -0.39 is 15.9 Å². The Bertz CT molecular complexity index is 1100. The van der Waals surface area contributed by atoms with E-state index in [-0.39, 0.29) is 41.2 Å². The maximum Gasteiger partial charge on any atom is 0.279 e. The average Bonchev–Trinajstić information content (AvgIpc) is 2.88. The van der Waals surface area contributed by atoms with Crippen LogP contribution in [0.1, 0.15) is 43.0 Å². The molecular weight excluding hydrogens is 476 g/mol. The molecule has 3 rings (SSSR count). The summed E-state index contributed by atoms with van der Waals surface area (Å²) in [5, 5.41) is 9.19. The van der Waals surface area contributed by atoms with Gasteiger partial charge in [0.1, 0.15) is 23.2 Å². The molecule has 0 spiro atoms. The van der Waals surface area contributed by atoms with Gasteiger partial charge in [0.2, 0.25) is 10.0 Å². The van der Waals surface area contributed by atoms with Gasteiger partial charge in [-0.15, -0.1) is 0 Å². The molecule has 0 radical (unpaired) electrons. The first-order valence-corrected chi connectivity index (χ1v) is 12.9. The Labute approximate surface area is 205 Å². The molecule has 10 nitrogen and oxygen atoms in total. The van der Waals surface area contributed by atoms with Gasteiger partial charge in [-0.25, -0.2) is 13.9 Å². The zero-order chi connectivity index (χ0) is 25.4. The van der Waals surface area contributed by atoms with Crippen molar-refractivity contribution in [2.24, 2.45) is 0 Å². The topological polar surface area (TPSA) is 124 Å². The van der Waals surface area contributed by atoms with Crippen LogP contribution < -0.4 is 24.4 Å². The fourth-order valence-corrected chi connectivity index (χ4v) is 5.52. The van der Waals surface area contributed by atoms with E-state index in [4.69, 9.17) is 18.9 Å². The number of nitrogens with one attached hydrogen (secondary N) is 1. The molecule has 0 atom stereocenters. The minimum Gasteiger partial charge on any atom is -0.494 e. The number of hydrogen-bond acceptors (Lipinski definition) is 8. The van der Waals surface area contributed by atoms with Gasteiger partial charge in [-0.3, -0.25) is 10.0 Å². The molecule has 2 N–H and O–H groups in total. The number of sulfonamides is 1. The highest BCUT2D eigenvalue weighted by Crippen LogP contribution is 2.37. The SMILES string of the molecule is CCCCOc1ccc(OC2CCN(S(=O)(=O)c3ccc(OC)c(OC)c3C(=O)NO)CC2)cc1. The number of amides is 1. The van der Waals surface area contributed by atoms with Crippen LogP contribution in [0, 0.1) is 0 Å². The molecule has 0 aliphatic carbocycles. The van der Waals surface area contributed by atoms with Crippen LogP contribution >= 0.6 is 0 Å². The lowest BCUT2D eigenvalue weighted by Crippen LogP contribution is -2.42. The summed E-state index contributed by atoms with van der Waals surface area (Å²) in [7, 11) is -1.41. The summed E-state index contributed by atoms with van der Waals surface area (Å²) >= 11 is 0. The second-order valence-electron chi connectivity index (χ2n) is 8.01. The van der Waals surface area contributed by atoms with Gasteiger partial charge in [-0.1, -0.05) is 13.3 Å². The van der Waals surface area contributed by atoms with Crippen LogP contribution in [0.3, 0.4) is 0 Å². The summed E-state index contributed by atoms with van der Waals surface area (Å²) in [4.78, 5) is 12.1. The average molecular weight is 509 g/mol. The van der Waals surface area contributed by atoms with E-state index in [1.807, 2.05) is 24.3 Å². The van der Waals surface area contributed by atoms with Crippen molar-refractivity contribution < 1.29 is 37.4 Å². The molecular formula is C24H32N2O8S. The van der Waals surface area contributed by atoms with Gasteiger partial charge in [0.15, 0.2) is 11.5 Å². The third kappa shape index (κ3) is 6.16. The van der Waals surface area contributed by atoms with Gasteiger partial charge in [-0.05, 0) is 55.7 Å². The number of hydrogen-bond donors (Lipinski definition) is 2. The van der Waals surface area contributed by atoms with E-state index in [9.17, 15) is 18.4 Å². The van der Waals surface area contributed by atoms with E-state index in [0.717, 1.165) is 18.6 Å². The summed E-state index contributed by atoms with van der Waals surface area (Å²) in [6.07, 6.45) is 2.86. The molecule has 35 heavy (non-hydrogen) atoms. The highest BCUT2D eigenvalue weighted by atomic mass is 32.2. The van der Waals surface area contributed by atoms with E-state index in [1.165, 1.54) is 36.1 Å². The molecule has 0 bridgehead atoms. The van der Waals surface area contributed by atoms with Crippen LogP contribution in [0.2, 0.25) is 0 Å². The lowest BCUT2D eigenvalue weighted by atomic mass is 10.1. The first kappa shape index (κ1) is 26.6. The number of ether oxygens (including phenoxy) is 4. The van der Waals surface area contributed by atoms with Crippen molar-refractivity contribution in [2.75, 3.05) is 33.9 Å². The van der Waals surface area contributed by atoms with Crippen LogP contribution in [0.25, 0.3) is 0 Å². The normalized spacial score (nSPS) is 14.9. The van der Waals surface area contributed by atoms with Gasteiger partial charge in [0.05, 0.1) is 25.7 Å². The summed E-state index contributed by atoms with van der Waals surface area (Å²) in [6.45, 7) is 3.19. The van der Waals surface area contributed by atoms with Crippen molar-refractivity contribution in [1.29, 1.82) is 0 Å². The van der Waals surface area contributed by atoms with Gasteiger partial charge in [-0.2, -0.15) is 4.31 Å². The second kappa shape index (κ2) is 12.1. The predicted octanol–water partition coefficient (Wildman–Crippen LogP) is 3.23. The van der Waals surface area contributed by atoms with Crippen LogP contribution in [0.15, 0.2) is 41.3 Å². The molecule has 1 aliphatic rings. The lowest BCUT2D eigenvalue weighted by Gasteiger charge is -2.32. The van der Waals surface area contributed by atoms with Crippen molar-refractivity contribution in [3.63, 3.8) is 0 Å². The Kier molecular flexibility index (Phi) is 9.19. The number of rotatable bonds is 11. The molecule has 192 valence electrons. The molecule has 1 heterocycles. The largest absolute Gasteiger partial charge is 0.494 e. The first-order valence-electron chi connectivity index (χ1n) is 11.4. The van der Waals surface area contributed by atoms with Crippen molar-refractivity contribution in [1.82, 2.24) is 9.79 Å². The van der Waals surface area contributed by atoms with Gasteiger partial charge in [0.25, 0.3) is 5.91 Å². The second-order valence-corrected chi connectivity index (χ2v) is 9.92. The van der Waals surface area contributed by atoms with E-state index >= 15 is 0 Å². The Morgan fingerprint density at radius 2 is 1.71 bits per heavy atom. The van der Waals surface area contributed by atoms with Gasteiger partial charge < -0.3 is 18.9 Å². The van der Waals surface area contributed by atoms with Crippen LogP contribution in [-0.4, -0.2) is 63.9 Å². The summed E-state index contributed by atoms with van der Waals surface area (Å²) in [5.41, 5.74) is 1.16. The highest BCUT2D eigenvalue weighted by molar-refractivity contribution is 7.89. The number of benzene rings is 2. The summed E-state index contributed by atoms with van der Waals surface area (Å²) in [5.74, 6) is 0.541. The summed E-state index contributed by atoms with van der Waals surface area (Å²) < 4.78 is 50.2. The number of unbranched alkanes of at least 4 members (excludes halogenated alkanes) is 1. The first-order chi connectivity index (χ1) is 16.8. The number of hydroxylamine groups is 1. The number of piperidine rings is 1. The van der Waals surface area contributed by atoms with Crippen molar-refractivity contribution in [3.8, 4) is 23.0 Å². The number of nitrogens with zero attached hydrogens (tertiary/aromatic N) is 1. The standard InChI is InChI=1S/C24H32N2O8S/c1-4-5-16-33-17-6-8-18(9-7-17)34-19-12-14-26(15-13-19)35(29,30)21-11-10-20(31-2)23(32-3)22(21)24(27)25-28/h6-11,19,28H,4-5,12-16H2,1-3H3,(H,25,27). The molecule has 0 saturated carbocycles. The van der Waals surface area contributed by atoms with Crippen molar-refractivity contribution in [2.45, 2.75) is 43.6 Å². The van der Waals surface area contributed by atoms with Gasteiger partial charge in [0, 0.05) is 13.1 Å². The van der Waals surface area contributed by atoms with Gasteiger partial charge >= 0.3 is 0 Å². The maximum atomic E-state index is 13.4. The Morgan fingerprint density at radius 1 is 1.06 bits per heavy atom. The van der Waals surface area contributed by atoms with E-state index in [2.05, 4.69) is 6.92 Å². The minimum atomic E-state index is -4.06. The maximum absolute atomic E-state index is 13.4. The molecule has 1 amide bonds. The number of methoxy groups -OCH3 is 2. The fourth-order valence-electron chi connectivity index (χ4n) is 3.87. The Balaban J connectivity index is 1.70. The monoisotopic (exact) mass is 508 g/mol. The van der Waals surface area contributed by atoms with E-state index in [0.29, 0.717) is 25.2 Å². The zero-order valence-electron chi connectivity index (χ0n) is 20.2. The van der Waals surface area contributed by atoms with Crippen molar-refractivity contribution >= 4 is 15.9 Å². The third-order valence-electron chi connectivity index (χ3n) is 5.75. The predicted molar refractivity (Wildman–Crippen MR) is 128 cm³/mol. The fraction of sp³-hybridized carbons (Fsp3) is 0.458. The Morgan fingerprint density at radius 3 is 2.29 bits per heavy atom.